The van der Waals surface area contributed by atoms with Crippen LogP contribution < -0.4 is 0 Å². The van der Waals surface area contributed by atoms with Gasteiger partial charge in [-0.25, -0.2) is 4.79 Å². The van der Waals surface area contributed by atoms with Crippen molar-refractivity contribution in [2.75, 3.05) is 6.61 Å². The summed E-state index contributed by atoms with van der Waals surface area (Å²) < 4.78 is 11.3. The van der Waals surface area contributed by atoms with Crippen LogP contribution in [-0.4, -0.2) is 52.4 Å². The Labute approximate surface area is 232 Å². The second-order valence-electron chi connectivity index (χ2n) is 12.6. The molecule has 2 saturated carbocycles. The number of aliphatic hydroxyl groups excluding tert-OH is 1. The van der Waals surface area contributed by atoms with Crippen LogP contribution >= 0.6 is 0 Å². The first kappa shape index (κ1) is 29.5. The fourth-order valence-electron chi connectivity index (χ4n) is 7.72. The molecular weight excluding hydrogens is 496 g/mol. The Morgan fingerprint density at radius 2 is 1.92 bits per heavy atom. The van der Waals surface area contributed by atoms with Crippen molar-refractivity contribution in [1.82, 2.24) is 0 Å². The minimum Gasteiger partial charge on any atom is -0.461 e. The van der Waals surface area contributed by atoms with E-state index in [1.165, 1.54) is 13.0 Å². The van der Waals surface area contributed by atoms with E-state index in [9.17, 15) is 24.6 Å². The van der Waals surface area contributed by atoms with Crippen LogP contribution in [0.1, 0.15) is 73.6 Å². The first-order chi connectivity index (χ1) is 18.3. The molecule has 0 aromatic carbocycles. The molecule has 0 aliphatic heterocycles. The predicted octanol–water partition coefficient (Wildman–Crippen LogP) is 4.63. The number of Topliss-reactive ketones (excluding diaryl/α,β-unsaturated/α-hetero) is 1. The van der Waals surface area contributed by atoms with Gasteiger partial charge in [0.1, 0.15) is 12.7 Å². The smallest absolute Gasteiger partial charge is 0.331 e. The number of esters is 2. The van der Waals surface area contributed by atoms with Gasteiger partial charge in [0, 0.05) is 24.5 Å². The van der Waals surface area contributed by atoms with Crippen LogP contribution in [0.25, 0.3) is 0 Å². The quantitative estimate of drug-likeness (QED) is 0.144. The molecule has 0 aromatic rings. The first-order valence-corrected chi connectivity index (χ1v) is 14.4. The van der Waals surface area contributed by atoms with E-state index in [0.29, 0.717) is 17.6 Å². The van der Waals surface area contributed by atoms with Crippen LogP contribution in [0.5, 0.6) is 0 Å². The van der Waals surface area contributed by atoms with Gasteiger partial charge in [0.2, 0.25) is 0 Å². The van der Waals surface area contributed by atoms with Gasteiger partial charge >= 0.3 is 11.9 Å². The van der Waals surface area contributed by atoms with Gasteiger partial charge in [-0.15, -0.1) is 0 Å². The van der Waals surface area contributed by atoms with Crippen molar-refractivity contribution in [2.24, 2.45) is 34.5 Å². The summed E-state index contributed by atoms with van der Waals surface area (Å²) in [6.07, 6.45) is 12.2. The van der Waals surface area contributed by atoms with Crippen molar-refractivity contribution in [2.45, 2.75) is 91.5 Å². The van der Waals surface area contributed by atoms with E-state index < -0.39 is 41.1 Å². The van der Waals surface area contributed by atoms with Gasteiger partial charge in [0.15, 0.2) is 17.5 Å². The van der Waals surface area contributed by atoms with Gasteiger partial charge in [0.05, 0.1) is 5.41 Å². The number of rotatable bonds is 9. The molecule has 0 saturated heterocycles. The Kier molecular flexibility index (Phi) is 8.17. The summed E-state index contributed by atoms with van der Waals surface area (Å²) in [7, 11) is 0. The average Bonchev–Trinajstić information content (AvgIpc) is 3.38. The Balaban J connectivity index is 1.76. The fourth-order valence-corrected chi connectivity index (χ4v) is 7.72. The molecule has 0 amide bonds. The van der Waals surface area contributed by atoms with Gasteiger partial charge in [-0.3, -0.25) is 9.59 Å². The van der Waals surface area contributed by atoms with Crippen LogP contribution in [0.3, 0.4) is 0 Å². The minimum absolute atomic E-state index is 0.0436. The topological polar surface area (TPSA) is 110 Å². The number of ether oxygens (including phenoxy) is 2. The maximum Gasteiger partial charge on any atom is 0.331 e. The van der Waals surface area contributed by atoms with Crippen LogP contribution in [0.15, 0.2) is 47.6 Å². The minimum atomic E-state index is -2.14. The molecule has 0 heterocycles. The van der Waals surface area contributed by atoms with Gasteiger partial charge < -0.3 is 19.7 Å². The number of carbonyl (C=O) groups excluding carboxylic acids is 3. The van der Waals surface area contributed by atoms with Crippen molar-refractivity contribution in [3.8, 4) is 0 Å². The summed E-state index contributed by atoms with van der Waals surface area (Å²) in [5.74, 6) is -1.98. The summed E-state index contributed by atoms with van der Waals surface area (Å²) in [6.45, 7) is 11.1. The molecule has 4 aliphatic rings. The lowest BCUT2D eigenvalue weighted by Crippen LogP contribution is -2.66. The zero-order valence-electron chi connectivity index (χ0n) is 24.1. The molecule has 8 unspecified atom stereocenters. The maximum absolute atomic E-state index is 14.5. The lowest BCUT2D eigenvalue weighted by Gasteiger charge is -2.49. The lowest BCUT2D eigenvalue weighted by atomic mass is 9.59. The summed E-state index contributed by atoms with van der Waals surface area (Å²) in [5.41, 5.74) is -2.88. The van der Waals surface area contributed by atoms with E-state index >= 15 is 0 Å². The Hall–Kier alpha value is -2.51. The molecule has 4 rings (SSSR count). The number of aliphatic hydroxyl groups is 2. The Morgan fingerprint density at radius 3 is 2.59 bits per heavy atom. The normalized spacial score (nSPS) is 38.4. The van der Waals surface area contributed by atoms with Crippen LogP contribution in [0.2, 0.25) is 0 Å². The molecule has 2 fully saturated rings. The summed E-state index contributed by atoms with van der Waals surface area (Å²) in [4.78, 5) is 39.4. The molecule has 214 valence electrons. The number of hydrogen-bond acceptors (Lipinski definition) is 7. The highest BCUT2D eigenvalue weighted by molar-refractivity contribution is 5.95. The maximum atomic E-state index is 14.5. The molecule has 2 N–H and O–H groups in total. The molecule has 7 heteroatoms. The van der Waals surface area contributed by atoms with Crippen molar-refractivity contribution in [1.29, 1.82) is 0 Å². The summed E-state index contributed by atoms with van der Waals surface area (Å²) in [5, 5.41) is 24.0. The van der Waals surface area contributed by atoms with Crippen molar-refractivity contribution < 1.29 is 34.1 Å². The third-order valence-electron chi connectivity index (χ3n) is 9.85. The average molecular weight is 541 g/mol. The van der Waals surface area contributed by atoms with E-state index in [1.54, 1.807) is 31.2 Å². The number of fused-ring (bicyclic) bond motifs is 3. The van der Waals surface area contributed by atoms with Crippen LogP contribution in [-0.2, 0) is 23.9 Å². The highest BCUT2D eigenvalue weighted by atomic mass is 16.6. The Bertz CT molecular complexity index is 1130. The third-order valence-corrected chi connectivity index (χ3v) is 9.85. The molecule has 8 atom stereocenters. The lowest BCUT2D eigenvalue weighted by molar-refractivity contribution is -0.202. The predicted molar refractivity (Wildman–Crippen MR) is 147 cm³/mol. The first-order valence-electron chi connectivity index (χ1n) is 14.4. The van der Waals surface area contributed by atoms with E-state index in [1.807, 2.05) is 13.0 Å². The fraction of sp³-hybridized carbons (Fsp3) is 0.656. The zero-order valence-corrected chi connectivity index (χ0v) is 24.1. The summed E-state index contributed by atoms with van der Waals surface area (Å²) in [6, 6.07) is 0. The molecule has 0 aromatic heterocycles. The molecule has 7 nitrogen and oxygen atoms in total. The number of carbonyl (C=O) groups is 3. The number of ketones is 1. The van der Waals surface area contributed by atoms with Crippen LogP contribution in [0.4, 0.5) is 0 Å². The van der Waals surface area contributed by atoms with E-state index in [2.05, 4.69) is 20.8 Å². The van der Waals surface area contributed by atoms with E-state index in [0.717, 1.165) is 25.7 Å². The van der Waals surface area contributed by atoms with Crippen LogP contribution in [0, 0.1) is 34.5 Å². The molecule has 0 radical (unpaired) electrons. The number of hydrogen-bond donors (Lipinski definition) is 2. The highest BCUT2D eigenvalue weighted by Crippen LogP contribution is 2.71. The van der Waals surface area contributed by atoms with Gasteiger partial charge in [0.25, 0.3) is 0 Å². The number of unbranched alkanes of at least 4 members (excludes halogenated alkanes) is 3. The van der Waals surface area contributed by atoms with Crippen molar-refractivity contribution in [3.05, 3.63) is 47.6 Å². The largest absolute Gasteiger partial charge is 0.461 e. The second kappa shape index (κ2) is 10.8. The SMILES string of the molecule is CCCCCC=CC=CC(=O)OC1C(COC(C)=O)=CC2C(=O)C3(C=C(C)C(O)C13O)C(C)CC1C2C1(C)C. The van der Waals surface area contributed by atoms with E-state index in [-0.39, 0.29) is 35.6 Å². The highest BCUT2D eigenvalue weighted by Gasteiger charge is 2.76. The van der Waals surface area contributed by atoms with Gasteiger partial charge in [-0.2, -0.15) is 0 Å². The molecule has 2 bridgehead atoms. The molecule has 39 heavy (non-hydrogen) atoms. The summed E-state index contributed by atoms with van der Waals surface area (Å²) >= 11 is 0. The molecular formula is C32H44O7. The van der Waals surface area contributed by atoms with E-state index in [4.69, 9.17) is 9.47 Å². The number of allylic oxidation sites excluding steroid dienone is 4. The standard InChI is InChI=1S/C32H44O7/c1-7-8-9-10-11-12-13-14-25(34)39-29-22(18-38-21(4)33)16-23-26-24(30(26,5)6)15-20(3)31(28(23)36)17-19(2)27(35)32(29,31)37/h11-14,16-17,20,23-24,26-27,29,35,37H,7-10,15,18H2,1-6H3. The molecule has 4 aliphatic carbocycles. The van der Waals surface area contributed by atoms with Gasteiger partial charge in [-0.1, -0.05) is 70.9 Å². The zero-order chi connectivity index (χ0) is 28.8. The van der Waals surface area contributed by atoms with Crippen molar-refractivity contribution in [3.63, 3.8) is 0 Å². The molecule has 1 spiro atoms. The van der Waals surface area contributed by atoms with Gasteiger partial charge in [-0.05, 0) is 54.9 Å². The van der Waals surface area contributed by atoms with Crippen molar-refractivity contribution >= 4 is 17.7 Å². The third kappa shape index (κ3) is 4.76. The monoisotopic (exact) mass is 540 g/mol. The Morgan fingerprint density at radius 1 is 1.21 bits per heavy atom. The second-order valence-corrected chi connectivity index (χ2v) is 12.6.